The van der Waals surface area contributed by atoms with Crippen LogP contribution < -0.4 is 15.5 Å². The smallest absolute Gasteiger partial charge is 0.416 e. The molecule has 0 bridgehead atoms. The zero-order valence-electron chi connectivity index (χ0n) is 17.0. The van der Waals surface area contributed by atoms with Crippen molar-refractivity contribution in [3.63, 3.8) is 0 Å². The molecule has 0 radical (unpaired) electrons. The van der Waals surface area contributed by atoms with E-state index >= 15 is 0 Å². The molecule has 0 saturated heterocycles. The van der Waals surface area contributed by atoms with Crippen molar-refractivity contribution in [1.29, 1.82) is 5.26 Å². The van der Waals surface area contributed by atoms with Gasteiger partial charge in [-0.2, -0.15) is 23.5 Å². The number of thiazole rings is 1. The van der Waals surface area contributed by atoms with Crippen LogP contribution in [0.3, 0.4) is 0 Å². The minimum atomic E-state index is -4.44. The Balaban J connectivity index is 1.55. The lowest BCUT2D eigenvalue weighted by Gasteiger charge is -2.08. The number of alkyl halides is 3. The summed E-state index contributed by atoms with van der Waals surface area (Å²) in [5, 5.41) is 17.4. The second-order valence-electron chi connectivity index (χ2n) is 6.58. The van der Waals surface area contributed by atoms with Crippen molar-refractivity contribution in [3.05, 3.63) is 66.6 Å². The minimum absolute atomic E-state index is 0.0553. The van der Waals surface area contributed by atoms with Crippen molar-refractivity contribution in [2.24, 2.45) is 5.10 Å². The average molecular weight is 664 g/mol. The van der Waals surface area contributed by atoms with Gasteiger partial charge in [0.25, 0.3) is 0 Å². The minimum Gasteiger partial charge on any atom is -0.476 e. The van der Waals surface area contributed by atoms with Crippen molar-refractivity contribution >= 4 is 72.8 Å². The normalized spacial score (nSPS) is 11.3. The van der Waals surface area contributed by atoms with E-state index in [-0.39, 0.29) is 18.7 Å². The van der Waals surface area contributed by atoms with Gasteiger partial charge in [-0.3, -0.25) is 4.79 Å². The highest BCUT2D eigenvalue weighted by Gasteiger charge is 2.30. The van der Waals surface area contributed by atoms with E-state index in [4.69, 9.17) is 10.00 Å². The Morgan fingerprint density at radius 2 is 2.15 bits per heavy atom. The SMILES string of the molecule is N#CCOc1c(Br)cc(/C=N\NC(=O)Cc2csc(Nc3cccc(C(F)(F)F)c3)n2)cc1I. The molecule has 0 atom stereocenters. The van der Waals surface area contributed by atoms with E-state index in [9.17, 15) is 18.0 Å². The van der Waals surface area contributed by atoms with Crippen molar-refractivity contribution < 1.29 is 22.7 Å². The Hall–Kier alpha value is -2.70. The van der Waals surface area contributed by atoms with Gasteiger partial charge in [0.05, 0.1) is 31.9 Å². The Bertz CT molecular complexity index is 1240. The molecule has 0 spiro atoms. The molecule has 3 rings (SSSR count). The molecule has 0 aliphatic heterocycles. The maximum Gasteiger partial charge on any atom is 0.416 e. The van der Waals surface area contributed by atoms with Gasteiger partial charge in [-0.1, -0.05) is 6.07 Å². The number of hydrogen-bond donors (Lipinski definition) is 2. The third-order valence-electron chi connectivity index (χ3n) is 4.04. The molecular weight excluding hydrogens is 650 g/mol. The van der Waals surface area contributed by atoms with Crippen molar-refractivity contribution in [3.8, 4) is 11.8 Å². The number of rotatable bonds is 8. The number of carbonyl (C=O) groups is 1. The lowest BCUT2D eigenvalue weighted by molar-refractivity contribution is -0.137. The predicted molar refractivity (Wildman–Crippen MR) is 134 cm³/mol. The number of nitriles is 1. The lowest BCUT2D eigenvalue weighted by Crippen LogP contribution is -2.20. The van der Waals surface area contributed by atoms with Crippen molar-refractivity contribution in [2.45, 2.75) is 12.6 Å². The zero-order valence-corrected chi connectivity index (χ0v) is 21.5. The summed E-state index contributed by atoms with van der Waals surface area (Å²) in [7, 11) is 0. The van der Waals surface area contributed by atoms with Crippen molar-refractivity contribution in [1.82, 2.24) is 10.4 Å². The number of halogens is 5. The molecule has 34 heavy (non-hydrogen) atoms. The molecule has 0 saturated carbocycles. The fraction of sp³-hybridized carbons (Fsp3) is 0.143. The van der Waals surface area contributed by atoms with Crippen molar-refractivity contribution in [2.75, 3.05) is 11.9 Å². The number of ether oxygens (including phenoxy) is 1. The number of carbonyl (C=O) groups excluding carboxylic acids is 1. The van der Waals surface area contributed by atoms with Crippen LogP contribution in [0.15, 0.2) is 51.4 Å². The van der Waals surface area contributed by atoms with E-state index in [0.29, 0.717) is 26.6 Å². The van der Waals surface area contributed by atoms with Gasteiger partial charge in [-0.05, 0) is 74.4 Å². The van der Waals surface area contributed by atoms with Gasteiger partial charge < -0.3 is 10.1 Å². The Kier molecular flexibility index (Phi) is 8.86. The van der Waals surface area contributed by atoms with E-state index in [2.05, 4.69) is 59.3 Å². The molecule has 1 amide bonds. The summed E-state index contributed by atoms with van der Waals surface area (Å²) in [4.78, 5) is 16.4. The van der Waals surface area contributed by atoms with Crippen LogP contribution in [0.1, 0.15) is 16.8 Å². The number of anilines is 2. The van der Waals surface area contributed by atoms with Crippen LogP contribution in [-0.2, 0) is 17.4 Å². The molecule has 3 aromatic rings. The van der Waals surface area contributed by atoms with Gasteiger partial charge in [0.2, 0.25) is 5.91 Å². The standard InChI is InChI=1S/C21H14BrF3IN5O2S/c22-16-6-12(7-17(26)19(16)33-5-4-27)10-28-31-18(32)9-15-11-34-20(30-15)29-14-3-1-2-13(8-14)21(23,24)25/h1-3,6-8,10-11H,5,9H2,(H,29,30)(H,31,32)/b28-10-. The van der Waals surface area contributed by atoms with E-state index in [1.807, 2.05) is 6.07 Å². The topological polar surface area (TPSA) is 99.4 Å². The van der Waals surface area contributed by atoms with Crippen LogP contribution >= 0.6 is 49.9 Å². The maximum atomic E-state index is 12.9. The van der Waals surface area contributed by atoms with E-state index in [1.165, 1.54) is 29.7 Å². The third-order valence-corrected chi connectivity index (χ3v) is 6.24. The van der Waals surface area contributed by atoms with Crippen LogP contribution in [0.4, 0.5) is 24.0 Å². The highest BCUT2D eigenvalue weighted by Crippen LogP contribution is 2.32. The summed E-state index contributed by atoms with van der Waals surface area (Å²) in [6.45, 7) is -0.0775. The number of amides is 1. The van der Waals surface area contributed by atoms with Gasteiger partial charge >= 0.3 is 6.18 Å². The number of hydrazone groups is 1. The second-order valence-corrected chi connectivity index (χ2v) is 9.45. The molecule has 0 fully saturated rings. The molecule has 1 heterocycles. The molecule has 13 heteroatoms. The van der Waals surface area contributed by atoms with Gasteiger partial charge in [-0.25, -0.2) is 10.4 Å². The monoisotopic (exact) mass is 663 g/mol. The maximum absolute atomic E-state index is 12.9. The fourth-order valence-electron chi connectivity index (χ4n) is 2.62. The first-order valence-corrected chi connectivity index (χ1v) is 12.1. The summed E-state index contributed by atoms with van der Waals surface area (Å²) < 4.78 is 45.3. The summed E-state index contributed by atoms with van der Waals surface area (Å²) in [6, 6.07) is 10.2. The van der Waals surface area contributed by atoms with E-state index in [1.54, 1.807) is 17.5 Å². The molecule has 2 N–H and O–H groups in total. The summed E-state index contributed by atoms with van der Waals surface area (Å²) in [5.41, 5.74) is 3.03. The average Bonchev–Trinajstić information content (AvgIpc) is 3.19. The number of hydrogen-bond acceptors (Lipinski definition) is 7. The number of nitrogens with zero attached hydrogens (tertiary/aromatic N) is 3. The lowest BCUT2D eigenvalue weighted by atomic mass is 10.2. The molecule has 0 unspecified atom stereocenters. The second kappa shape index (κ2) is 11.6. The molecule has 0 aliphatic carbocycles. The van der Waals surface area contributed by atoms with Gasteiger partial charge in [0.1, 0.15) is 11.8 Å². The van der Waals surface area contributed by atoms with E-state index in [0.717, 1.165) is 15.7 Å². The first-order chi connectivity index (χ1) is 16.2. The predicted octanol–water partition coefficient (Wildman–Crippen LogP) is 5.87. The van der Waals surface area contributed by atoms with Crippen LogP contribution in [0, 0.1) is 14.9 Å². The zero-order chi connectivity index (χ0) is 24.7. The van der Waals surface area contributed by atoms with Gasteiger partial charge in [0.15, 0.2) is 11.7 Å². The van der Waals surface area contributed by atoms with E-state index < -0.39 is 17.6 Å². The quantitative estimate of drug-likeness (QED) is 0.179. The fourth-order valence-corrected chi connectivity index (χ4v) is 5.12. The largest absolute Gasteiger partial charge is 0.476 e. The van der Waals surface area contributed by atoms with Gasteiger partial charge in [-0.15, -0.1) is 11.3 Å². The third kappa shape index (κ3) is 7.40. The summed E-state index contributed by atoms with van der Waals surface area (Å²) in [6.07, 6.45) is -3.03. The highest BCUT2D eigenvalue weighted by atomic mass is 127. The molecule has 0 aliphatic rings. The Morgan fingerprint density at radius 3 is 2.85 bits per heavy atom. The molecular formula is C21H14BrF3IN5O2S. The number of aromatic nitrogens is 1. The summed E-state index contributed by atoms with van der Waals surface area (Å²) in [5.74, 6) is 0.135. The first-order valence-electron chi connectivity index (χ1n) is 9.35. The van der Waals surface area contributed by atoms with Crippen LogP contribution in [0.25, 0.3) is 0 Å². The highest BCUT2D eigenvalue weighted by molar-refractivity contribution is 14.1. The molecule has 2 aromatic carbocycles. The van der Waals surface area contributed by atoms with Crippen LogP contribution in [0.2, 0.25) is 0 Å². The molecule has 1 aromatic heterocycles. The number of benzene rings is 2. The summed E-state index contributed by atoms with van der Waals surface area (Å²) >= 11 is 6.61. The van der Waals surface area contributed by atoms with Crippen LogP contribution in [0.5, 0.6) is 5.75 Å². The Labute approximate surface area is 218 Å². The molecule has 7 nitrogen and oxygen atoms in total. The number of nitrogens with one attached hydrogen (secondary N) is 2. The molecule has 176 valence electrons. The van der Waals surface area contributed by atoms with Gasteiger partial charge in [0, 0.05) is 11.1 Å². The van der Waals surface area contributed by atoms with Crippen LogP contribution in [-0.4, -0.2) is 23.7 Å². The Morgan fingerprint density at radius 1 is 1.35 bits per heavy atom. The first kappa shape index (κ1) is 25.9.